The second-order valence-corrected chi connectivity index (χ2v) is 4.31. The van der Waals surface area contributed by atoms with Crippen LogP contribution in [0.5, 0.6) is 0 Å². The molecule has 12 heavy (non-hydrogen) atoms. The topological polar surface area (TPSA) is 12.2 Å². The second-order valence-electron chi connectivity index (χ2n) is 4.31. The molecule has 70 valence electrons. The summed E-state index contributed by atoms with van der Waals surface area (Å²) in [5, 5.41) is 0. The molecule has 0 aromatic rings. The van der Waals surface area contributed by atoms with E-state index in [4.69, 9.17) is 4.74 Å². The van der Waals surface area contributed by atoms with Crippen molar-refractivity contribution < 1.29 is 4.74 Å². The van der Waals surface area contributed by atoms with Gasteiger partial charge in [-0.1, -0.05) is 20.3 Å². The number of rotatable bonds is 4. The highest BCUT2D eigenvalue weighted by atomic mass is 16.5. The average Bonchev–Trinajstić information content (AvgIpc) is 2.88. The third-order valence-corrected chi connectivity index (χ3v) is 3.37. The third-order valence-electron chi connectivity index (χ3n) is 3.37. The van der Waals surface area contributed by atoms with Gasteiger partial charge in [0.05, 0.1) is 12.8 Å². The Morgan fingerprint density at radius 2 is 2.08 bits per heavy atom. The van der Waals surface area contributed by atoms with E-state index in [9.17, 15) is 0 Å². The van der Waals surface area contributed by atoms with Crippen molar-refractivity contribution in [1.29, 1.82) is 0 Å². The maximum absolute atomic E-state index is 5.79. The number of nitrogens with zero attached hydrogens (tertiary/aromatic N) is 1. The molecule has 1 heterocycles. The van der Waals surface area contributed by atoms with Gasteiger partial charge in [0.15, 0.2) is 0 Å². The molecule has 0 spiro atoms. The lowest BCUT2D eigenvalue weighted by atomic mass is 10.3. The lowest BCUT2D eigenvalue weighted by Crippen LogP contribution is -2.09. The minimum absolute atomic E-state index is 0.572. The molecule has 5 unspecified atom stereocenters. The molecule has 2 heteroatoms. The fourth-order valence-electron chi connectivity index (χ4n) is 2.04. The summed E-state index contributed by atoms with van der Waals surface area (Å²) in [7, 11) is 0. The molecule has 1 saturated heterocycles. The maximum atomic E-state index is 5.79. The van der Waals surface area contributed by atoms with Crippen LogP contribution in [-0.2, 0) is 4.74 Å². The van der Waals surface area contributed by atoms with E-state index in [-0.39, 0.29) is 0 Å². The maximum Gasteiger partial charge on any atom is 0.0997 e. The van der Waals surface area contributed by atoms with Crippen LogP contribution in [0.3, 0.4) is 0 Å². The SMILES string of the molecule is CCC1C(C)C1OCN1CC1C. The average molecular weight is 169 g/mol. The van der Waals surface area contributed by atoms with Crippen molar-refractivity contribution >= 4 is 0 Å². The van der Waals surface area contributed by atoms with E-state index in [1.54, 1.807) is 0 Å². The summed E-state index contributed by atoms with van der Waals surface area (Å²) in [5.74, 6) is 1.66. The quantitative estimate of drug-likeness (QED) is 0.594. The summed E-state index contributed by atoms with van der Waals surface area (Å²) >= 11 is 0. The molecule has 0 amide bonds. The molecule has 0 bridgehead atoms. The Morgan fingerprint density at radius 1 is 1.42 bits per heavy atom. The minimum Gasteiger partial charge on any atom is -0.362 e. The van der Waals surface area contributed by atoms with E-state index in [0.29, 0.717) is 6.10 Å². The Balaban J connectivity index is 1.62. The van der Waals surface area contributed by atoms with Crippen LogP contribution >= 0.6 is 0 Å². The summed E-state index contributed by atoms with van der Waals surface area (Å²) in [6, 6.07) is 0.777. The number of hydrogen-bond donors (Lipinski definition) is 0. The molecule has 1 saturated carbocycles. The summed E-state index contributed by atoms with van der Waals surface area (Å²) in [6.45, 7) is 8.90. The van der Waals surface area contributed by atoms with Gasteiger partial charge in [0.1, 0.15) is 0 Å². The van der Waals surface area contributed by atoms with Crippen molar-refractivity contribution in [2.24, 2.45) is 11.8 Å². The van der Waals surface area contributed by atoms with Gasteiger partial charge in [-0.05, 0) is 18.8 Å². The molecule has 2 fully saturated rings. The first-order chi connectivity index (χ1) is 5.74. The molecular formula is C10H19NO. The lowest BCUT2D eigenvalue weighted by Gasteiger charge is -2.03. The van der Waals surface area contributed by atoms with Gasteiger partial charge in [-0.3, -0.25) is 4.90 Å². The zero-order valence-electron chi connectivity index (χ0n) is 8.29. The molecule has 2 aliphatic rings. The van der Waals surface area contributed by atoms with Crippen molar-refractivity contribution in [3.05, 3.63) is 0 Å². The predicted molar refractivity (Wildman–Crippen MR) is 48.9 cm³/mol. The molecule has 0 radical (unpaired) electrons. The third kappa shape index (κ3) is 1.50. The van der Waals surface area contributed by atoms with E-state index in [0.717, 1.165) is 24.6 Å². The normalized spacial score (nSPS) is 50.8. The molecule has 5 atom stereocenters. The minimum atomic E-state index is 0.572. The van der Waals surface area contributed by atoms with E-state index >= 15 is 0 Å². The van der Waals surface area contributed by atoms with Gasteiger partial charge in [-0.15, -0.1) is 0 Å². The molecule has 1 aliphatic heterocycles. The first-order valence-electron chi connectivity index (χ1n) is 5.09. The first-order valence-corrected chi connectivity index (χ1v) is 5.09. The second kappa shape index (κ2) is 3.00. The van der Waals surface area contributed by atoms with Gasteiger partial charge in [0, 0.05) is 12.6 Å². The Labute approximate surface area is 74.9 Å². The largest absolute Gasteiger partial charge is 0.362 e. The Morgan fingerprint density at radius 3 is 2.50 bits per heavy atom. The van der Waals surface area contributed by atoms with Crippen molar-refractivity contribution in [2.75, 3.05) is 13.3 Å². The van der Waals surface area contributed by atoms with Crippen LogP contribution in [-0.4, -0.2) is 30.3 Å². The highest BCUT2D eigenvalue weighted by Crippen LogP contribution is 2.43. The zero-order chi connectivity index (χ0) is 8.72. The van der Waals surface area contributed by atoms with Crippen LogP contribution < -0.4 is 0 Å². The fourth-order valence-corrected chi connectivity index (χ4v) is 2.04. The van der Waals surface area contributed by atoms with E-state index in [1.807, 2.05) is 0 Å². The van der Waals surface area contributed by atoms with E-state index in [1.165, 1.54) is 13.0 Å². The monoisotopic (exact) mass is 169 g/mol. The zero-order valence-corrected chi connectivity index (χ0v) is 8.29. The standard InChI is InChI=1S/C10H19NO/c1-4-9-8(3)10(9)12-6-11-5-7(11)2/h7-10H,4-6H2,1-3H3. The summed E-state index contributed by atoms with van der Waals surface area (Å²) in [5.41, 5.74) is 0. The van der Waals surface area contributed by atoms with Crippen LogP contribution in [0.2, 0.25) is 0 Å². The predicted octanol–water partition coefficient (Wildman–Crippen LogP) is 1.71. The van der Waals surface area contributed by atoms with Gasteiger partial charge >= 0.3 is 0 Å². The first kappa shape index (κ1) is 8.52. The number of hydrogen-bond acceptors (Lipinski definition) is 2. The van der Waals surface area contributed by atoms with E-state index < -0.39 is 0 Å². The number of ether oxygens (including phenoxy) is 1. The van der Waals surface area contributed by atoms with Crippen LogP contribution in [0.25, 0.3) is 0 Å². The van der Waals surface area contributed by atoms with Gasteiger partial charge in [0.2, 0.25) is 0 Å². The van der Waals surface area contributed by atoms with Crippen LogP contribution in [0.4, 0.5) is 0 Å². The van der Waals surface area contributed by atoms with Gasteiger partial charge in [-0.2, -0.15) is 0 Å². The molecular weight excluding hydrogens is 150 g/mol. The summed E-state index contributed by atoms with van der Waals surface area (Å²) in [4.78, 5) is 2.36. The molecule has 0 N–H and O–H groups in total. The molecule has 2 nitrogen and oxygen atoms in total. The fraction of sp³-hybridized carbons (Fsp3) is 1.00. The smallest absolute Gasteiger partial charge is 0.0997 e. The highest BCUT2D eigenvalue weighted by Gasteiger charge is 2.47. The molecule has 1 aliphatic carbocycles. The van der Waals surface area contributed by atoms with Crippen LogP contribution in [0.1, 0.15) is 27.2 Å². The van der Waals surface area contributed by atoms with Crippen molar-refractivity contribution in [1.82, 2.24) is 4.90 Å². The van der Waals surface area contributed by atoms with Crippen molar-refractivity contribution in [3.8, 4) is 0 Å². The Kier molecular flexibility index (Phi) is 2.13. The Bertz CT molecular complexity index is 171. The Hall–Kier alpha value is -0.0800. The van der Waals surface area contributed by atoms with Gasteiger partial charge < -0.3 is 4.74 Å². The lowest BCUT2D eigenvalue weighted by molar-refractivity contribution is 0.0519. The van der Waals surface area contributed by atoms with Gasteiger partial charge in [0.25, 0.3) is 0 Å². The van der Waals surface area contributed by atoms with Crippen LogP contribution in [0.15, 0.2) is 0 Å². The highest BCUT2D eigenvalue weighted by molar-refractivity contribution is 4.95. The van der Waals surface area contributed by atoms with Crippen LogP contribution in [0, 0.1) is 11.8 Å². The summed E-state index contributed by atoms with van der Waals surface area (Å²) < 4.78 is 5.79. The summed E-state index contributed by atoms with van der Waals surface area (Å²) in [6.07, 6.45) is 1.85. The van der Waals surface area contributed by atoms with Crippen molar-refractivity contribution in [2.45, 2.75) is 39.3 Å². The van der Waals surface area contributed by atoms with Crippen molar-refractivity contribution in [3.63, 3.8) is 0 Å². The van der Waals surface area contributed by atoms with E-state index in [2.05, 4.69) is 25.7 Å². The van der Waals surface area contributed by atoms with Gasteiger partial charge in [-0.25, -0.2) is 0 Å². The molecule has 0 aromatic carbocycles. The molecule has 0 aromatic heterocycles. The molecule has 2 rings (SSSR count).